The van der Waals surface area contributed by atoms with Crippen molar-refractivity contribution in [2.75, 3.05) is 10.5 Å². The minimum Gasteiger partial charge on any atom is -0.398 e. The van der Waals surface area contributed by atoms with Gasteiger partial charge in [-0.05, 0) is 46.3 Å². The Bertz CT molecular complexity index is 746. The van der Waals surface area contributed by atoms with Gasteiger partial charge in [0.05, 0.1) is 16.4 Å². The molecule has 2 aromatic carbocycles. The fourth-order valence-corrected chi connectivity index (χ4v) is 3.98. The summed E-state index contributed by atoms with van der Waals surface area (Å²) >= 11 is 15.0. The van der Waals surface area contributed by atoms with Gasteiger partial charge in [0, 0.05) is 9.50 Å². The van der Waals surface area contributed by atoms with Gasteiger partial charge < -0.3 is 5.73 Å². The Labute approximate surface area is 135 Å². The molecule has 0 bridgehead atoms. The van der Waals surface area contributed by atoms with Gasteiger partial charge in [0.25, 0.3) is 10.0 Å². The maximum Gasteiger partial charge on any atom is 0.265 e. The van der Waals surface area contributed by atoms with Gasteiger partial charge in [-0.1, -0.05) is 29.3 Å². The maximum atomic E-state index is 12.4. The Morgan fingerprint density at radius 2 is 1.85 bits per heavy atom. The highest BCUT2D eigenvalue weighted by atomic mass is 79.9. The van der Waals surface area contributed by atoms with Crippen LogP contribution in [0.1, 0.15) is 0 Å². The quantitative estimate of drug-likeness (QED) is 0.767. The average molecular weight is 396 g/mol. The predicted octanol–water partition coefficient (Wildman–Crippen LogP) is 4.14. The molecule has 8 heteroatoms. The van der Waals surface area contributed by atoms with Crippen molar-refractivity contribution in [3.63, 3.8) is 0 Å². The highest BCUT2D eigenvalue weighted by molar-refractivity contribution is 9.10. The number of anilines is 2. The second-order valence-corrected chi connectivity index (χ2v) is 7.21. The fourth-order valence-electron chi connectivity index (χ4n) is 1.58. The van der Waals surface area contributed by atoms with E-state index >= 15 is 0 Å². The van der Waals surface area contributed by atoms with E-state index in [4.69, 9.17) is 28.9 Å². The molecule has 0 amide bonds. The highest BCUT2D eigenvalue weighted by Gasteiger charge is 2.22. The molecule has 106 valence electrons. The lowest BCUT2D eigenvalue weighted by Crippen LogP contribution is -2.15. The van der Waals surface area contributed by atoms with Crippen LogP contribution >= 0.6 is 39.1 Å². The standard InChI is InChI=1S/C12H9BrCl2N2O2S/c13-8-5-4-7(14)6-11(8)17-20(18,19)12-9(15)2-1-3-10(12)16/h1-6,17H,16H2. The number of nitrogens with one attached hydrogen (secondary N) is 1. The van der Waals surface area contributed by atoms with Gasteiger partial charge >= 0.3 is 0 Å². The summed E-state index contributed by atoms with van der Waals surface area (Å²) in [7, 11) is -3.91. The second-order valence-electron chi connectivity index (χ2n) is 3.89. The zero-order valence-electron chi connectivity index (χ0n) is 9.90. The normalized spacial score (nSPS) is 11.3. The SMILES string of the molecule is Nc1cccc(Cl)c1S(=O)(=O)Nc1cc(Cl)ccc1Br. The molecule has 20 heavy (non-hydrogen) atoms. The van der Waals surface area contributed by atoms with Gasteiger partial charge in [0.15, 0.2) is 0 Å². The van der Waals surface area contributed by atoms with E-state index in [1.54, 1.807) is 18.2 Å². The number of halogens is 3. The summed E-state index contributed by atoms with van der Waals surface area (Å²) < 4.78 is 27.7. The Balaban J connectivity index is 2.49. The summed E-state index contributed by atoms with van der Waals surface area (Å²) in [5.74, 6) is 0. The topological polar surface area (TPSA) is 72.2 Å². The molecule has 0 unspecified atom stereocenters. The van der Waals surface area contributed by atoms with Gasteiger partial charge in [0.1, 0.15) is 4.90 Å². The number of nitrogen functional groups attached to an aromatic ring is 1. The summed E-state index contributed by atoms with van der Waals surface area (Å²) in [5.41, 5.74) is 6.06. The largest absolute Gasteiger partial charge is 0.398 e. The van der Waals surface area contributed by atoms with Crippen LogP contribution in [0, 0.1) is 0 Å². The number of nitrogens with two attached hydrogens (primary N) is 1. The van der Waals surface area contributed by atoms with Crippen LogP contribution in [-0.2, 0) is 10.0 Å². The van der Waals surface area contributed by atoms with E-state index in [9.17, 15) is 8.42 Å². The first-order chi connectivity index (χ1) is 9.31. The number of rotatable bonds is 3. The molecular formula is C12H9BrCl2N2O2S. The van der Waals surface area contributed by atoms with E-state index in [2.05, 4.69) is 20.7 Å². The van der Waals surface area contributed by atoms with E-state index in [-0.39, 0.29) is 15.6 Å². The third kappa shape index (κ3) is 3.20. The molecule has 0 aliphatic heterocycles. The molecule has 0 radical (unpaired) electrons. The van der Waals surface area contributed by atoms with E-state index in [0.29, 0.717) is 15.2 Å². The van der Waals surface area contributed by atoms with Crippen LogP contribution in [0.25, 0.3) is 0 Å². The zero-order valence-corrected chi connectivity index (χ0v) is 13.8. The van der Waals surface area contributed by atoms with E-state index < -0.39 is 10.0 Å². The van der Waals surface area contributed by atoms with Crippen LogP contribution in [0.3, 0.4) is 0 Å². The molecule has 0 spiro atoms. The van der Waals surface area contributed by atoms with Crippen molar-refractivity contribution < 1.29 is 8.42 Å². The first kappa shape index (κ1) is 15.4. The molecule has 0 aliphatic rings. The number of hydrogen-bond donors (Lipinski definition) is 2. The average Bonchev–Trinajstić information content (AvgIpc) is 2.33. The third-order valence-corrected chi connectivity index (χ3v) is 5.27. The summed E-state index contributed by atoms with van der Waals surface area (Å²) in [6.45, 7) is 0. The smallest absolute Gasteiger partial charge is 0.265 e. The van der Waals surface area contributed by atoms with Crippen LogP contribution in [0.4, 0.5) is 11.4 Å². The molecule has 4 nitrogen and oxygen atoms in total. The maximum absolute atomic E-state index is 12.4. The van der Waals surface area contributed by atoms with Crippen molar-refractivity contribution in [3.05, 3.63) is 50.9 Å². The van der Waals surface area contributed by atoms with Crippen molar-refractivity contribution >= 4 is 60.5 Å². The van der Waals surface area contributed by atoms with Crippen LogP contribution in [-0.4, -0.2) is 8.42 Å². The van der Waals surface area contributed by atoms with E-state index in [1.807, 2.05) is 0 Å². The first-order valence-corrected chi connectivity index (χ1v) is 8.36. The number of benzene rings is 2. The second kappa shape index (κ2) is 5.81. The lowest BCUT2D eigenvalue weighted by atomic mass is 10.3. The summed E-state index contributed by atoms with van der Waals surface area (Å²) in [6.07, 6.45) is 0. The van der Waals surface area contributed by atoms with Crippen molar-refractivity contribution in [1.82, 2.24) is 0 Å². The van der Waals surface area contributed by atoms with Crippen LogP contribution in [0.5, 0.6) is 0 Å². The lowest BCUT2D eigenvalue weighted by molar-refractivity contribution is 0.601. The Kier molecular flexibility index (Phi) is 4.49. The summed E-state index contributed by atoms with van der Waals surface area (Å²) in [5, 5.41) is 0.452. The minimum atomic E-state index is -3.91. The van der Waals surface area contributed by atoms with E-state index in [0.717, 1.165) is 0 Å². The number of sulfonamides is 1. The van der Waals surface area contributed by atoms with Crippen LogP contribution < -0.4 is 10.5 Å². The molecule has 0 saturated carbocycles. The molecule has 2 rings (SSSR count). The summed E-state index contributed by atoms with van der Waals surface area (Å²) in [4.78, 5) is -0.159. The summed E-state index contributed by atoms with van der Waals surface area (Å²) in [6, 6.07) is 9.25. The van der Waals surface area contributed by atoms with Crippen molar-refractivity contribution in [2.24, 2.45) is 0 Å². The van der Waals surface area contributed by atoms with Gasteiger partial charge in [-0.25, -0.2) is 8.42 Å². The Morgan fingerprint density at radius 3 is 2.50 bits per heavy atom. The Hall–Kier alpha value is -0.950. The lowest BCUT2D eigenvalue weighted by Gasteiger charge is -2.13. The fraction of sp³-hybridized carbons (Fsp3) is 0. The van der Waals surface area contributed by atoms with Crippen molar-refractivity contribution in [3.8, 4) is 0 Å². The monoisotopic (exact) mass is 394 g/mol. The van der Waals surface area contributed by atoms with Gasteiger partial charge in [-0.2, -0.15) is 0 Å². The van der Waals surface area contributed by atoms with Gasteiger partial charge in [-0.3, -0.25) is 4.72 Å². The van der Waals surface area contributed by atoms with Crippen LogP contribution in [0.2, 0.25) is 10.0 Å². The van der Waals surface area contributed by atoms with Gasteiger partial charge in [-0.15, -0.1) is 0 Å². The molecule has 0 heterocycles. The molecule has 0 aliphatic carbocycles. The molecule has 0 aromatic heterocycles. The predicted molar refractivity (Wildman–Crippen MR) is 85.8 cm³/mol. The van der Waals surface area contributed by atoms with E-state index in [1.165, 1.54) is 18.2 Å². The molecule has 3 N–H and O–H groups in total. The molecule has 0 atom stereocenters. The highest BCUT2D eigenvalue weighted by Crippen LogP contribution is 2.32. The minimum absolute atomic E-state index is 0.0515. The third-order valence-electron chi connectivity index (χ3n) is 2.44. The molecule has 2 aromatic rings. The first-order valence-electron chi connectivity index (χ1n) is 5.33. The molecular weight excluding hydrogens is 387 g/mol. The zero-order chi connectivity index (χ0) is 14.9. The van der Waals surface area contributed by atoms with Gasteiger partial charge in [0.2, 0.25) is 0 Å². The molecule has 0 saturated heterocycles. The molecule has 0 fully saturated rings. The van der Waals surface area contributed by atoms with Crippen LogP contribution in [0.15, 0.2) is 45.8 Å². The number of hydrogen-bond acceptors (Lipinski definition) is 3. The Morgan fingerprint density at radius 1 is 1.15 bits per heavy atom. The van der Waals surface area contributed by atoms with Crippen molar-refractivity contribution in [2.45, 2.75) is 4.90 Å². The van der Waals surface area contributed by atoms with Crippen molar-refractivity contribution in [1.29, 1.82) is 0 Å².